The molecule has 1 aliphatic heterocycles. The van der Waals surface area contributed by atoms with Crippen molar-refractivity contribution < 1.29 is 19.5 Å². The van der Waals surface area contributed by atoms with Gasteiger partial charge in [-0.05, 0) is 67.9 Å². The van der Waals surface area contributed by atoms with E-state index < -0.39 is 24.0 Å². The van der Waals surface area contributed by atoms with Crippen molar-refractivity contribution in [2.45, 2.75) is 72.2 Å². The number of ketones is 1. The maximum absolute atomic E-state index is 14.0. The molecule has 5 atom stereocenters. The van der Waals surface area contributed by atoms with Crippen LogP contribution in [0.3, 0.4) is 0 Å². The molecular weight excluding hydrogens is 522 g/mol. The number of thiazole rings is 1. The van der Waals surface area contributed by atoms with Gasteiger partial charge in [0.2, 0.25) is 5.91 Å². The van der Waals surface area contributed by atoms with Crippen LogP contribution < -0.4 is 5.32 Å². The van der Waals surface area contributed by atoms with Crippen molar-refractivity contribution in [3.8, 4) is 10.4 Å². The molecule has 1 aliphatic carbocycles. The van der Waals surface area contributed by atoms with Gasteiger partial charge in [-0.15, -0.1) is 11.3 Å². The first-order valence-corrected chi connectivity index (χ1v) is 14.9. The molecule has 8 heteroatoms. The molecule has 5 rings (SSSR count). The summed E-state index contributed by atoms with van der Waals surface area (Å²) in [4.78, 5) is 48.0. The minimum Gasteiger partial charge on any atom is -0.393 e. The van der Waals surface area contributed by atoms with E-state index in [-0.39, 0.29) is 42.4 Å². The number of nitrogens with zero attached hydrogens (tertiary/aromatic N) is 2. The molecule has 2 N–H and O–H groups in total. The first-order valence-electron chi connectivity index (χ1n) is 14.0. The summed E-state index contributed by atoms with van der Waals surface area (Å²) in [5.41, 5.74) is 7.53. The molecule has 1 fully saturated rings. The van der Waals surface area contributed by atoms with Crippen molar-refractivity contribution in [1.82, 2.24) is 15.2 Å². The van der Waals surface area contributed by atoms with E-state index >= 15 is 0 Å². The number of fused-ring (bicyclic) bond motifs is 1. The lowest BCUT2D eigenvalue weighted by Crippen LogP contribution is -2.49. The zero-order valence-electron chi connectivity index (χ0n) is 23.7. The fourth-order valence-corrected chi connectivity index (χ4v) is 7.26. The summed E-state index contributed by atoms with van der Waals surface area (Å²) in [6, 6.07) is 12.7. The minimum atomic E-state index is -0.733. The number of aliphatic hydroxyl groups excluding tert-OH is 1. The molecule has 3 aromatic rings. The van der Waals surface area contributed by atoms with E-state index in [4.69, 9.17) is 0 Å². The van der Waals surface area contributed by atoms with Crippen LogP contribution in [0.5, 0.6) is 0 Å². The van der Waals surface area contributed by atoms with Gasteiger partial charge in [0.15, 0.2) is 5.78 Å². The molecule has 40 heavy (non-hydrogen) atoms. The zero-order valence-corrected chi connectivity index (χ0v) is 24.5. The zero-order chi connectivity index (χ0) is 28.7. The highest BCUT2D eigenvalue weighted by molar-refractivity contribution is 7.13. The Labute approximate surface area is 239 Å². The second-order valence-electron chi connectivity index (χ2n) is 11.6. The van der Waals surface area contributed by atoms with Crippen molar-refractivity contribution in [2.24, 2.45) is 17.8 Å². The van der Waals surface area contributed by atoms with Crippen LogP contribution in [-0.2, 0) is 16.1 Å². The van der Waals surface area contributed by atoms with Gasteiger partial charge in [-0.25, -0.2) is 4.98 Å². The van der Waals surface area contributed by atoms with Crippen LogP contribution in [0.2, 0.25) is 0 Å². The monoisotopic (exact) mass is 559 g/mol. The lowest BCUT2D eigenvalue weighted by Gasteiger charge is -2.33. The highest BCUT2D eigenvalue weighted by Crippen LogP contribution is 2.38. The van der Waals surface area contributed by atoms with Crippen LogP contribution in [0.25, 0.3) is 10.4 Å². The molecular formula is C32H37N3O4S. The molecule has 1 saturated carbocycles. The smallest absolute Gasteiger partial charge is 0.255 e. The van der Waals surface area contributed by atoms with Crippen molar-refractivity contribution >= 4 is 28.9 Å². The first kappa shape index (κ1) is 28.2. The number of nitrogens with one attached hydrogen (secondary N) is 1. The Kier molecular flexibility index (Phi) is 7.93. The number of rotatable bonds is 8. The Morgan fingerprint density at radius 1 is 1.07 bits per heavy atom. The summed E-state index contributed by atoms with van der Waals surface area (Å²) >= 11 is 1.61. The van der Waals surface area contributed by atoms with Crippen LogP contribution >= 0.6 is 11.3 Å². The van der Waals surface area contributed by atoms with Gasteiger partial charge < -0.3 is 15.3 Å². The summed E-state index contributed by atoms with van der Waals surface area (Å²) in [5.74, 6) is -1.95. The Morgan fingerprint density at radius 2 is 1.80 bits per heavy atom. The lowest BCUT2D eigenvalue weighted by molar-refractivity contribution is -0.136. The van der Waals surface area contributed by atoms with E-state index in [2.05, 4.69) is 22.4 Å². The van der Waals surface area contributed by atoms with Crippen molar-refractivity contribution in [3.05, 3.63) is 75.9 Å². The quantitative estimate of drug-likeness (QED) is 0.393. The number of Topliss-reactive ketones (excluding diaryl/α,β-unsaturated/α-hetero) is 1. The van der Waals surface area contributed by atoms with Gasteiger partial charge in [0.25, 0.3) is 5.91 Å². The maximum atomic E-state index is 14.0. The minimum absolute atomic E-state index is 0.130. The number of aryl methyl sites for hydroxylation is 2. The number of carbonyl (C=O) groups excluding carboxylic acids is 3. The number of hydrogen-bond acceptors (Lipinski definition) is 6. The van der Waals surface area contributed by atoms with Crippen molar-refractivity contribution in [1.29, 1.82) is 0 Å². The Morgan fingerprint density at radius 3 is 2.45 bits per heavy atom. The third kappa shape index (κ3) is 5.22. The molecule has 0 saturated heterocycles. The normalized spacial score (nSPS) is 21.9. The number of benzene rings is 2. The SMILES string of the molecule is Cc1cc(-c2scnc2C)ccc1C(C)NC(=O)C1CC(O)C[C@@H]1C(=O)[C@H](C(C)C)N1Cc2ccccc2C1=O. The highest BCUT2D eigenvalue weighted by atomic mass is 32.1. The van der Waals surface area contributed by atoms with Crippen LogP contribution in [0.1, 0.15) is 72.4 Å². The summed E-state index contributed by atoms with van der Waals surface area (Å²) in [6.45, 7) is 10.2. The summed E-state index contributed by atoms with van der Waals surface area (Å²) in [6.07, 6.45) is -0.273. The van der Waals surface area contributed by atoms with Crippen LogP contribution in [0.4, 0.5) is 0 Å². The molecule has 3 unspecified atom stereocenters. The predicted molar refractivity (Wildman–Crippen MR) is 156 cm³/mol. The van der Waals surface area contributed by atoms with Crippen LogP contribution in [0, 0.1) is 31.6 Å². The van der Waals surface area contributed by atoms with E-state index in [9.17, 15) is 19.5 Å². The van der Waals surface area contributed by atoms with Gasteiger partial charge in [-0.1, -0.05) is 50.2 Å². The summed E-state index contributed by atoms with van der Waals surface area (Å²) in [7, 11) is 0. The number of aromatic nitrogens is 1. The number of carbonyl (C=O) groups is 3. The lowest BCUT2D eigenvalue weighted by atomic mass is 9.83. The van der Waals surface area contributed by atoms with Gasteiger partial charge in [-0.3, -0.25) is 14.4 Å². The topological polar surface area (TPSA) is 99.6 Å². The Bertz CT molecular complexity index is 1450. The molecule has 1 aromatic heterocycles. The van der Waals surface area contributed by atoms with E-state index in [0.717, 1.165) is 32.8 Å². The average Bonchev–Trinajstić information content (AvgIpc) is 3.61. The molecule has 7 nitrogen and oxygen atoms in total. The molecule has 0 radical (unpaired) electrons. The number of hydrogen-bond donors (Lipinski definition) is 2. The average molecular weight is 560 g/mol. The van der Waals surface area contributed by atoms with E-state index in [1.807, 2.05) is 64.4 Å². The molecule has 2 aromatic carbocycles. The van der Waals surface area contributed by atoms with Gasteiger partial charge in [0.05, 0.1) is 40.2 Å². The molecule has 210 valence electrons. The second-order valence-corrected chi connectivity index (χ2v) is 12.4. The fraction of sp³-hybridized carbons (Fsp3) is 0.438. The second kappa shape index (κ2) is 11.3. The summed E-state index contributed by atoms with van der Waals surface area (Å²) in [5, 5.41) is 13.7. The maximum Gasteiger partial charge on any atom is 0.255 e. The largest absolute Gasteiger partial charge is 0.393 e. The number of amides is 2. The Balaban J connectivity index is 1.32. The van der Waals surface area contributed by atoms with Crippen LogP contribution in [-0.4, -0.2) is 44.7 Å². The Hall–Kier alpha value is -3.36. The van der Waals surface area contributed by atoms with Gasteiger partial charge in [0.1, 0.15) is 0 Å². The van der Waals surface area contributed by atoms with Gasteiger partial charge >= 0.3 is 0 Å². The van der Waals surface area contributed by atoms with E-state index in [0.29, 0.717) is 12.1 Å². The van der Waals surface area contributed by atoms with Gasteiger partial charge in [-0.2, -0.15) is 0 Å². The third-order valence-corrected chi connectivity index (χ3v) is 9.43. The highest BCUT2D eigenvalue weighted by Gasteiger charge is 2.47. The molecule has 2 aliphatic rings. The fourth-order valence-electron chi connectivity index (χ4n) is 6.46. The van der Waals surface area contributed by atoms with Crippen molar-refractivity contribution in [2.75, 3.05) is 0 Å². The molecule has 2 heterocycles. The predicted octanol–water partition coefficient (Wildman–Crippen LogP) is 5.24. The standard InChI is InChI=1S/C32H37N3O4S/c1-17(2)28(35-15-22-8-6-7-9-25(22)32(35)39)29(37)26-13-23(36)14-27(26)31(38)34-19(4)24-11-10-21(12-18(24)3)30-20(5)33-16-40-30/h6-12,16-17,19,23,26-28,36H,13-15H2,1-5H3,(H,34,38)/t19?,23?,26-,27?,28-/m0/s1. The first-order chi connectivity index (χ1) is 19.1. The van der Waals surface area contributed by atoms with E-state index in [1.54, 1.807) is 22.3 Å². The van der Waals surface area contributed by atoms with E-state index in [1.165, 1.54) is 0 Å². The van der Waals surface area contributed by atoms with Crippen molar-refractivity contribution in [3.63, 3.8) is 0 Å². The van der Waals surface area contributed by atoms with Gasteiger partial charge in [0, 0.05) is 18.0 Å². The van der Waals surface area contributed by atoms with Crippen LogP contribution in [0.15, 0.2) is 48.0 Å². The number of aliphatic hydroxyl groups is 1. The summed E-state index contributed by atoms with van der Waals surface area (Å²) < 4.78 is 0. The third-order valence-electron chi connectivity index (χ3n) is 8.45. The molecule has 0 bridgehead atoms. The molecule has 2 amide bonds. The molecule has 0 spiro atoms.